The number of hydrogen-bond donors (Lipinski definition) is 1. The van der Waals surface area contributed by atoms with Gasteiger partial charge in [0.05, 0.1) is 30.3 Å². The third kappa shape index (κ3) is 3.88. The van der Waals surface area contributed by atoms with E-state index >= 15 is 0 Å². The van der Waals surface area contributed by atoms with E-state index in [2.05, 4.69) is 10.4 Å². The summed E-state index contributed by atoms with van der Waals surface area (Å²) in [6.07, 6.45) is -4.38. The molecule has 1 amide bonds. The van der Waals surface area contributed by atoms with Crippen LogP contribution >= 0.6 is 11.3 Å². The predicted molar refractivity (Wildman–Crippen MR) is 109 cm³/mol. The van der Waals surface area contributed by atoms with E-state index in [1.807, 2.05) is 24.3 Å². The van der Waals surface area contributed by atoms with Gasteiger partial charge >= 0.3 is 6.18 Å². The second-order valence-corrected chi connectivity index (χ2v) is 7.27. The molecule has 0 spiro atoms. The second kappa shape index (κ2) is 7.83. The van der Waals surface area contributed by atoms with Crippen LogP contribution in [0.3, 0.4) is 0 Å². The van der Waals surface area contributed by atoms with Crippen LogP contribution in [0.25, 0.3) is 10.9 Å². The van der Waals surface area contributed by atoms with Crippen molar-refractivity contribution in [3.05, 3.63) is 76.0 Å². The summed E-state index contributed by atoms with van der Waals surface area (Å²) in [7, 11) is 1.49. The number of ether oxygens (including phenoxy) is 1. The first-order valence-electron chi connectivity index (χ1n) is 8.90. The normalized spacial score (nSPS) is 11.6. The van der Waals surface area contributed by atoms with Crippen molar-refractivity contribution in [1.82, 2.24) is 9.78 Å². The van der Waals surface area contributed by atoms with Crippen molar-refractivity contribution < 1.29 is 22.7 Å². The maximum absolute atomic E-state index is 12.8. The van der Waals surface area contributed by atoms with Gasteiger partial charge in [-0.2, -0.15) is 18.3 Å². The molecule has 2 aromatic carbocycles. The molecule has 0 atom stereocenters. The molecule has 2 heterocycles. The van der Waals surface area contributed by atoms with Gasteiger partial charge in [-0.25, -0.2) is 0 Å². The quantitative estimate of drug-likeness (QED) is 0.459. The highest BCUT2D eigenvalue weighted by atomic mass is 32.1. The Morgan fingerprint density at radius 2 is 1.87 bits per heavy atom. The third-order valence-corrected chi connectivity index (χ3v) is 5.32. The molecule has 0 saturated heterocycles. The number of para-hydroxylation sites is 1. The van der Waals surface area contributed by atoms with Crippen LogP contribution in [-0.2, 0) is 12.7 Å². The molecule has 0 saturated carbocycles. The number of alkyl halides is 3. The molecule has 0 bridgehead atoms. The number of carbonyl (C=O) groups excluding carboxylic acids is 1. The van der Waals surface area contributed by atoms with E-state index in [0.717, 1.165) is 23.0 Å². The molecule has 30 heavy (non-hydrogen) atoms. The van der Waals surface area contributed by atoms with Crippen LogP contribution in [0.2, 0.25) is 0 Å². The number of benzene rings is 2. The average molecular weight is 431 g/mol. The Morgan fingerprint density at radius 1 is 1.13 bits per heavy atom. The van der Waals surface area contributed by atoms with Crippen LogP contribution in [0.15, 0.2) is 59.3 Å². The topological polar surface area (TPSA) is 56.1 Å². The molecule has 0 fully saturated rings. The molecular weight excluding hydrogens is 415 g/mol. The summed E-state index contributed by atoms with van der Waals surface area (Å²) in [4.78, 5) is 12.7. The monoisotopic (exact) mass is 431 g/mol. The van der Waals surface area contributed by atoms with Crippen LogP contribution in [0, 0.1) is 0 Å². The molecule has 1 N–H and O–H groups in total. The van der Waals surface area contributed by atoms with Gasteiger partial charge in [0.2, 0.25) is 0 Å². The largest absolute Gasteiger partial charge is 0.495 e. The molecule has 9 heteroatoms. The van der Waals surface area contributed by atoms with E-state index in [1.165, 1.54) is 30.6 Å². The summed E-state index contributed by atoms with van der Waals surface area (Å²) in [5.74, 6) is 0.500. The Labute approximate surface area is 173 Å². The molecule has 0 unspecified atom stereocenters. The molecule has 0 aliphatic rings. The van der Waals surface area contributed by atoms with E-state index in [9.17, 15) is 18.0 Å². The van der Waals surface area contributed by atoms with Crippen LogP contribution in [0.1, 0.15) is 21.5 Å². The SMILES string of the molecule is COc1cscc1C(=O)Nc1nn(Cc2ccc(C(F)(F)F)cc2)c2ccccc12. The highest BCUT2D eigenvalue weighted by Gasteiger charge is 2.30. The summed E-state index contributed by atoms with van der Waals surface area (Å²) in [6.45, 7) is 0.260. The van der Waals surface area contributed by atoms with Crippen LogP contribution in [0.4, 0.5) is 19.0 Å². The van der Waals surface area contributed by atoms with Gasteiger partial charge < -0.3 is 10.1 Å². The van der Waals surface area contributed by atoms with Crippen LogP contribution < -0.4 is 10.1 Å². The lowest BCUT2D eigenvalue weighted by Crippen LogP contribution is -2.13. The fourth-order valence-corrected chi connectivity index (χ4v) is 3.87. The summed E-state index contributed by atoms with van der Waals surface area (Å²) in [5.41, 5.74) is 1.12. The number of rotatable bonds is 5. The summed E-state index contributed by atoms with van der Waals surface area (Å²) < 4.78 is 45.2. The minimum absolute atomic E-state index is 0.260. The highest BCUT2D eigenvalue weighted by molar-refractivity contribution is 7.08. The molecule has 4 rings (SSSR count). The molecular formula is C21H16F3N3O2S. The number of nitrogens with zero attached hydrogens (tertiary/aromatic N) is 2. The Balaban J connectivity index is 1.63. The number of anilines is 1. The number of halogens is 3. The zero-order chi connectivity index (χ0) is 21.3. The number of carbonyl (C=O) groups is 1. The van der Waals surface area contributed by atoms with Crippen molar-refractivity contribution in [2.24, 2.45) is 0 Å². The van der Waals surface area contributed by atoms with Gasteiger partial charge in [0.25, 0.3) is 5.91 Å². The van der Waals surface area contributed by atoms with Crippen LogP contribution in [0.5, 0.6) is 5.75 Å². The lowest BCUT2D eigenvalue weighted by atomic mass is 10.1. The summed E-state index contributed by atoms with van der Waals surface area (Å²) in [6, 6.07) is 12.3. The molecule has 154 valence electrons. The van der Waals surface area contributed by atoms with E-state index in [4.69, 9.17) is 4.74 Å². The predicted octanol–water partition coefficient (Wildman–Crippen LogP) is 5.43. The van der Waals surface area contributed by atoms with Crippen LogP contribution in [-0.4, -0.2) is 22.8 Å². The number of hydrogen-bond acceptors (Lipinski definition) is 4. The lowest BCUT2D eigenvalue weighted by Gasteiger charge is -2.08. The first-order valence-corrected chi connectivity index (χ1v) is 9.84. The zero-order valence-electron chi connectivity index (χ0n) is 15.7. The van der Waals surface area contributed by atoms with E-state index < -0.39 is 11.7 Å². The van der Waals surface area contributed by atoms with E-state index in [-0.39, 0.29) is 12.5 Å². The Hall–Kier alpha value is -3.33. The highest BCUT2D eigenvalue weighted by Crippen LogP contribution is 2.30. The lowest BCUT2D eigenvalue weighted by molar-refractivity contribution is -0.137. The summed E-state index contributed by atoms with van der Waals surface area (Å²) in [5, 5.41) is 11.4. The third-order valence-electron chi connectivity index (χ3n) is 4.59. The van der Waals surface area contributed by atoms with Gasteiger partial charge in [0.1, 0.15) is 5.75 Å². The maximum atomic E-state index is 12.8. The smallest absolute Gasteiger partial charge is 0.416 e. The average Bonchev–Trinajstić information content (AvgIpc) is 3.33. The first kappa shape index (κ1) is 20.0. The minimum Gasteiger partial charge on any atom is -0.495 e. The van der Waals surface area contributed by atoms with Gasteiger partial charge in [0.15, 0.2) is 5.82 Å². The molecule has 0 aliphatic carbocycles. The van der Waals surface area contributed by atoms with Crippen molar-refractivity contribution in [2.75, 3.05) is 12.4 Å². The standard InChI is InChI=1S/C21H16F3N3O2S/c1-29-18-12-30-11-16(18)20(28)25-19-15-4-2-3-5-17(15)27(26-19)10-13-6-8-14(9-7-13)21(22,23)24/h2-9,11-12H,10H2,1H3,(H,25,26,28). The van der Waals surface area contributed by atoms with Crippen molar-refractivity contribution >= 4 is 34.0 Å². The Bertz CT molecular complexity index is 1200. The van der Waals surface area contributed by atoms with Crippen molar-refractivity contribution in [3.63, 3.8) is 0 Å². The number of thiophene rings is 1. The maximum Gasteiger partial charge on any atom is 0.416 e. The van der Waals surface area contributed by atoms with Crippen molar-refractivity contribution in [3.8, 4) is 5.75 Å². The van der Waals surface area contributed by atoms with Crippen molar-refractivity contribution in [2.45, 2.75) is 12.7 Å². The Morgan fingerprint density at radius 3 is 2.57 bits per heavy atom. The molecule has 5 nitrogen and oxygen atoms in total. The van der Waals surface area contributed by atoms with Gasteiger partial charge in [-0.15, -0.1) is 11.3 Å². The fourth-order valence-electron chi connectivity index (χ4n) is 3.10. The molecule has 0 radical (unpaired) electrons. The number of amides is 1. The van der Waals surface area contributed by atoms with Gasteiger partial charge in [-0.3, -0.25) is 9.48 Å². The summed E-state index contributed by atoms with van der Waals surface area (Å²) >= 11 is 1.35. The minimum atomic E-state index is -4.38. The zero-order valence-corrected chi connectivity index (χ0v) is 16.6. The number of fused-ring (bicyclic) bond motifs is 1. The van der Waals surface area contributed by atoms with Gasteiger partial charge in [-0.05, 0) is 29.8 Å². The van der Waals surface area contributed by atoms with E-state index in [1.54, 1.807) is 15.4 Å². The fraction of sp³-hybridized carbons (Fsp3) is 0.143. The Kier molecular flexibility index (Phi) is 5.21. The van der Waals surface area contributed by atoms with Crippen molar-refractivity contribution in [1.29, 1.82) is 0 Å². The van der Waals surface area contributed by atoms with Gasteiger partial charge in [0, 0.05) is 16.1 Å². The van der Waals surface area contributed by atoms with E-state index in [0.29, 0.717) is 22.7 Å². The molecule has 0 aliphatic heterocycles. The molecule has 4 aromatic rings. The first-order chi connectivity index (χ1) is 14.4. The number of methoxy groups -OCH3 is 1. The molecule has 2 aromatic heterocycles. The van der Waals surface area contributed by atoms with Gasteiger partial charge in [-0.1, -0.05) is 24.3 Å². The number of aromatic nitrogens is 2. The second-order valence-electron chi connectivity index (χ2n) is 6.53. The number of nitrogens with one attached hydrogen (secondary N) is 1.